The number of carbonyl (C=O) groups excluding carboxylic acids is 2. The number of fused-ring (bicyclic) bond motifs is 2. The summed E-state index contributed by atoms with van der Waals surface area (Å²) in [7, 11) is 0. The Morgan fingerprint density at radius 1 is 1.07 bits per heavy atom. The lowest BCUT2D eigenvalue weighted by Crippen LogP contribution is -2.31. The molecule has 0 unspecified atom stereocenters. The number of hydrogen-bond donors (Lipinski definition) is 1. The van der Waals surface area contributed by atoms with Crippen LogP contribution in [0.2, 0.25) is 5.02 Å². The van der Waals surface area contributed by atoms with Gasteiger partial charge in [-0.2, -0.15) is 0 Å². The highest BCUT2D eigenvalue weighted by molar-refractivity contribution is 6.30. The van der Waals surface area contributed by atoms with E-state index in [1.165, 1.54) is 0 Å². The van der Waals surface area contributed by atoms with Gasteiger partial charge in [-0.25, -0.2) is 0 Å². The van der Waals surface area contributed by atoms with Crippen LogP contribution in [0.1, 0.15) is 53.7 Å². The molecule has 0 spiro atoms. The number of unbranched alkanes of at least 4 members (excludes halogenated alkanes) is 1. The first-order chi connectivity index (χ1) is 13.0. The van der Waals surface area contributed by atoms with Crippen LogP contribution in [0.3, 0.4) is 0 Å². The highest BCUT2D eigenvalue weighted by Crippen LogP contribution is 2.31. The third-order valence-electron chi connectivity index (χ3n) is 4.99. The Hall–Kier alpha value is -2.33. The highest BCUT2D eigenvalue weighted by atomic mass is 35.5. The maximum absolute atomic E-state index is 12.4. The fourth-order valence-electron chi connectivity index (χ4n) is 3.46. The van der Waals surface area contributed by atoms with Gasteiger partial charge in [0.25, 0.3) is 5.91 Å². The fourth-order valence-corrected chi connectivity index (χ4v) is 3.65. The van der Waals surface area contributed by atoms with Gasteiger partial charge in [-0.3, -0.25) is 9.59 Å². The van der Waals surface area contributed by atoms with Crippen molar-refractivity contribution in [3.05, 3.63) is 63.7 Å². The molecule has 27 heavy (non-hydrogen) atoms. The van der Waals surface area contributed by atoms with E-state index in [9.17, 15) is 9.59 Å². The number of aryl methyl sites for hydroxylation is 2. The standard InChI is InChI=1S/C22H25ClN2O2/c1-3-4-11-24-22(27)18-7-8-19-14-25(15(2)26)21-10-9-20(23)13-17(21)6-5-16(19)12-18/h7-10,12-13H,3-6,11,14H2,1-2H3,(H,24,27). The third kappa shape index (κ3) is 4.51. The molecule has 0 atom stereocenters. The second-order valence-corrected chi connectivity index (χ2v) is 7.41. The molecule has 1 N–H and O–H groups in total. The number of nitrogens with one attached hydrogen (secondary N) is 1. The maximum atomic E-state index is 12.4. The molecular formula is C22H25ClN2O2. The average Bonchev–Trinajstić information content (AvgIpc) is 2.63. The van der Waals surface area contributed by atoms with Gasteiger partial charge < -0.3 is 10.2 Å². The molecule has 0 fully saturated rings. The summed E-state index contributed by atoms with van der Waals surface area (Å²) in [4.78, 5) is 26.4. The molecule has 2 amide bonds. The summed E-state index contributed by atoms with van der Waals surface area (Å²) in [6.07, 6.45) is 3.60. The summed E-state index contributed by atoms with van der Waals surface area (Å²) in [5, 5.41) is 3.63. The van der Waals surface area contributed by atoms with Crippen LogP contribution in [0.25, 0.3) is 0 Å². The number of carbonyl (C=O) groups is 2. The normalized spacial score (nSPS) is 13.2. The zero-order chi connectivity index (χ0) is 19.4. The molecule has 3 rings (SSSR count). The first-order valence-electron chi connectivity index (χ1n) is 9.46. The summed E-state index contributed by atoms with van der Waals surface area (Å²) in [6, 6.07) is 11.5. The van der Waals surface area contributed by atoms with Crippen LogP contribution in [0.5, 0.6) is 0 Å². The van der Waals surface area contributed by atoms with Gasteiger partial charge in [0.05, 0.1) is 6.54 Å². The number of amides is 2. The first kappa shape index (κ1) is 19.4. The number of anilines is 1. The summed E-state index contributed by atoms with van der Waals surface area (Å²) in [6.45, 7) is 4.87. The highest BCUT2D eigenvalue weighted by Gasteiger charge is 2.21. The molecule has 1 aliphatic rings. The van der Waals surface area contributed by atoms with Crippen molar-refractivity contribution in [2.24, 2.45) is 0 Å². The molecule has 0 aromatic heterocycles. The Morgan fingerprint density at radius 2 is 1.85 bits per heavy atom. The van der Waals surface area contributed by atoms with E-state index in [0.717, 1.165) is 48.1 Å². The first-order valence-corrected chi connectivity index (χ1v) is 9.84. The molecule has 1 heterocycles. The van der Waals surface area contributed by atoms with Gasteiger partial charge in [0, 0.05) is 29.7 Å². The fraction of sp³-hybridized carbons (Fsp3) is 0.364. The Labute approximate surface area is 165 Å². The van der Waals surface area contributed by atoms with Gasteiger partial charge in [0.1, 0.15) is 0 Å². The maximum Gasteiger partial charge on any atom is 0.251 e. The largest absolute Gasteiger partial charge is 0.352 e. The van der Waals surface area contributed by atoms with E-state index >= 15 is 0 Å². The minimum Gasteiger partial charge on any atom is -0.352 e. The van der Waals surface area contributed by atoms with Gasteiger partial charge in [-0.1, -0.05) is 31.0 Å². The minimum atomic E-state index is -0.0415. The summed E-state index contributed by atoms with van der Waals surface area (Å²) in [5.74, 6) is -0.0482. The van der Waals surface area contributed by atoms with Gasteiger partial charge in [-0.05, 0) is 66.3 Å². The summed E-state index contributed by atoms with van der Waals surface area (Å²) < 4.78 is 0. The number of benzene rings is 2. The van der Waals surface area contributed by atoms with Crippen molar-refractivity contribution in [1.82, 2.24) is 5.32 Å². The van der Waals surface area contributed by atoms with E-state index in [4.69, 9.17) is 11.6 Å². The molecular weight excluding hydrogens is 360 g/mol. The molecule has 2 aromatic carbocycles. The quantitative estimate of drug-likeness (QED) is 0.788. The molecule has 5 heteroatoms. The van der Waals surface area contributed by atoms with Crippen molar-refractivity contribution in [2.45, 2.75) is 46.1 Å². The molecule has 0 radical (unpaired) electrons. The van der Waals surface area contributed by atoms with Crippen molar-refractivity contribution < 1.29 is 9.59 Å². The second-order valence-electron chi connectivity index (χ2n) is 6.97. The van der Waals surface area contributed by atoms with E-state index < -0.39 is 0 Å². The van der Waals surface area contributed by atoms with E-state index in [1.54, 1.807) is 11.8 Å². The van der Waals surface area contributed by atoms with Crippen LogP contribution < -0.4 is 10.2 Å². The lowest BCUT2D eigenvalue weighted by atomic mass is 9.93. The molecule has 0 aliphatic carbocycles. The van der Waals surface area contributed by atoms with Crippen LogP contribution in [0, 0.1) is 0 Å². The minimum absolute atomic E-state index is 0.00666. The van der Waals surface area contributed by atoms with Crippen molar-refractivity contribution in [2.75, 3.05) is 11.4 Å². The van der Waals surface area contributed by atoms with Crippen LogP contribution >= 0.6 is 11.6 Å². The van der Waals surface area contributed by atoms with Gasteiger partial charge in [0.15, 0.2) is 0 Å². The third-order valence-corrected chi connectivity index (χ3v) is 5.22. The predicted octanol–water partition coefficient (Wildman–Crippen LogP) is 4.52. The van der Waals surface area contributed by atoms with Gasteiger partial charge in [0.2, 0.25) is 5.91 Å². The van der Waals surface area contributed by atoms with Crippen LogP contribution in [0.15, 0.2) is 36.4 Å². The molecule has 2 aromatic rings. The van der Waals surface area contributed by atoms with Crippen molar-refractivity contribution in [3.63, 3.8) is 0 Å². The summed E-state index contributed by atoms with van der Waals surface area (Å²) in [5.41, 5.74) is 4.83. The Bertz CT molecular complexity index is 863. The number of nitrogens with zero attached hydrogens (tertiary/aromatic N) is 1. The average molecular weight is 385 g/mol. The van der Waals surface area contributed by atoms with Gasteiger partial charge in [-0.15, -0.1) is 0 Å². The SMILES string of the molecule is CCCCNC(=O)c1ccc2c(c1)CCc1cc(Cl)ccc1N(C(C)=O)C2. The van der Waals surface area contributed by atoms with E-state index in [-0.39, 0.29) is 11.8 Å². The van der Waals surface area contributed by atoms with Crippen LogP contribution in [-0.4, -0.2) is 18.4 Å². The predicted molar refractivity (Wildman–Crippen MR) is 109 cm³/mol. The number of halogens is 1. The Balaban J connectivity index is 1.90. The molecule has 0 saturated carbocycles. The van der Waals surface area contributed by atoms with Gasteiger partial charge >= 0.3 is 0 Å². The monoisotopic (exact) mass is 384 g/mol. The Kier molecular flexibility index (Phi) is 6.17. The van der Waals surface area contributed by atoms with Crippen LogP contribution in [0.4, 0.5) is 5.69 Å². The van der Waals surface area contributed by atoms with Crippen molar-refractivity contribution in [1.29, 1.82) is 0 Å². The number of hydrogen-bond acceptors (Lipinski definition) is 2. The lowest BCUT2D eigenvalue weighted by Gasteiger charge is -2.28. The van der Waals surface area contributed by atoms with E-state index in [0.29, 0.717) is 23.7 Å². The number of rotatable bonds is 4. The summed E-state index contributed by atoms with van der Waals surface area (Å²) >= 11 is 6.17. The molecule has 1 aliphatic heterocycles. The topological polar surface area (TPSA) is 49.4 Å². The molecule has 0 saturated heterocycles. The lowest BCUT2D eigenvalue weighted by molar-refractivity contribution is -0.116. The van der Waals surface area contributed by atoms with Crippen LogP contribution in [-0.2, 0) is 24.2 Å². The van der Waals surface area contributed by atoms with Crippen molar-refractivity contribution in [3.8, 4) is 0 Å². The molecule has 4 nitrogen and oxygen atoms in total. The smallest absolute Gasteiger partial charge is 0.251 e. The zero-order valence-electron chi connectivity index (χ0n) is 15.8. The zero-order valence-corrected chi connectivity index (χ0v) is 16.6. The van der Waals surface area contributed by atoms with E-state index in [1.807, 2.05) is 36.4 Å². The van der Waals surface area contributed by atoms with E-state index in [2.05, 4.69) is 12.2 Å². The Morgan fingerprint density at radius 3 is 2.59 bits per heavy atom. The van der Waals surface area contributed by atoms with Crippen molar-refractivity contribution >= 4 is 29.1 Å². The molecule has 142 valence electrons. The molecule has 0 bridgehead atoms. The second kappa shape index (κ2) is 8.57.